The molecule has 0 radical (unpaired) electrons. The number of carbonyl (C=O) groups is 1. The molecule has 1 N–H and O–H groups in total. The van der Waals surface area contributed by atoms with Crippen LogP contribution in [0.5, 0.6) is 5.75 Å². The van der Waals surface area contributed by atoms with Gasteiger partial charge in [0.25, 0.3) is 11.6 Å². The van der Waals surface area contributed by atoms with Gasteiger partial charge in [-0.05, 0) is 60.7 Å². The Labute approximate surface area is 160 Å². The molecule has 0 bridgehead atoms. The zero-order chi connectivity index (χ0) is 19.4. The number of aryl methyl sites for hydroxylation is 2. The standard InChI is InChI=1S/C20H18N2O4S/c1-13-3-4-16(9-14(13)2)21-20(23)19-10-15(12-27-19)11-26-18-7-5-17(6-8-18)22(24)25/h3-10,12H,11H2,1-2H3,(H,21,23). The van der Waals surface area contributed by atoms with Crippen molar-refractivity contribution in [3.63, 3.8) is 0 Å². The quantitative estimate of drug-likeness (QED) is 0.475. The number of ether oxygens (including phenoxy) is 1. The molecule has 0 saturated carbocycles. The maximum atomic E-state index is 12.4. The summed E-state index contributed by atoms with van der Waals surface area (Å²) < 4.78 is 5.62. The van der Waals surface area contributed by atoms with E-state index in [4.69, 9.17) is 4.74 Å². The van der Waals surface area contributed by atoms with Crippen LogP contribution in [0.3, 0.4) is 0 Å². The van der Waals surface area contributed by atoms with E-state index in [1.165, 1.54) is 29.0 Å². The van der Waals surface area contributed by atoms with Crippen LogP contribution in [0.2, 0.25) is 0 Å². The third-order valence-electron chi connectivity index (χ3n) is 4.10. The molecule has 0 unspecified atom stereocenters. The lowest BCUT2D eigenvalue weighted by Crippen LogP contribution is -2.10. The van der Waals surface area contributed by atoms with Crippen molar-refractivity contribution in [3.8, 4) is 5.75 Å². The summed E-state index contributed by atoms with van der Waals surface area (Å²) in [6.07, 6.45) is 0. The van der Waals surface area contributed by atoms with Crippen molar-refractivity contribution in [2.75, 3.05) is 5.32 Å². The Hall–Kier alpha value is -3.19. The monoisotopic (exact) mass is 382 g/mol. The van der Waals surface area contributed by atoms with Crippen molar-refractivity contribution in [1.29, 1.82) is 0 Å². The van der Waals surface area contributed by atoms with Gasteiger partial charge >= 0.3 is 0 Å². The van der Waals surface area contributed by atoms with Gasteiger partial charge in [-0.2, -0.15) is 0 Å². The molecule has 0 fully saturated rings. The fraction of sp³-hybridized carbons (Fsp3) is 0.150. The maximum absolute atomic E-state index is 12.4. The largest absolute Gasteiger partial charge is 0.489 e. The van der Waals surface area contributed by atoms with Crippen LogP contribution in [0.25, 0.3) is 0 Å². The first kappa shape index (κ1) is 18.6. The minimum atomic E-state index is -0.455. The number of nitrogens with one attached hydrogen (secondary N) is 1. The summed E-state index contributed by atoms with van der Waals surface area (Å²) in [6, 6.07) is 13.5. The third-order valence-corrected chi connectivity index (χ3v) is 5.07. The predicted molar refractivity (Wildman–Crippen MR) is 106 cm³/mol. The van der Waals surface area contributed by atoms with Crippen LogP contribution in [-0.4, -0.2) is 10.8 Å². The van der Waals surface area contributed by atoms with E-state index in [-0.39, 0.29) is 18.2 Å². The highest BCUT2D eigenvalue weighted by molar-refractivity contribution is 7.12. The van der Waals surface area contributed by atoms with Crippen LogP contribution >= 0.6 is 11.3 Å². The van der Waals surface area contributed by atoms with Gasteiger partial charge in [0, 0.05) is 23.4 Å². The Morgan fingerprint density at radius 3 is 2.52 bits per heavy atom. The number of amides is 1. The molecular formula is C20H18N2O4S. The lowest BCUT2D eigenvalue weighted by molar-refractivity contribution is -0.384. The van der Waals surface area contributed by atoms with Crippen LogP contribution in [-0.2, 0) is 6.61 Å². The first-order valence-corrected chi connectivity index (χ1v) is 9.13. The molecule has 0 aliphatic rings. The number of hydrogen-bond donors (Lipinski definition) is 1. The number of nitro benzene ring substituents is 1. The minimum Gasteiger partial charge on any atom is -0.489 e. The average Bonchev–Trinajstić information content (AvgIpc) is 3.12. The number of benzene rings is 2. The summed E-state index contributed by atoms with van der Waals surface area (Å²) in [5.41, 5.74) is 3.94. The summed E-state index contributed by atoms with van der Waals surface area (Å²) in [7, 11) is 0. The topological polar surface area (TPSA) is 81.5 Å². The Morgan fingerprint density at radius 2 is 1.85 bits per heavy atom. The van der Waals surface area contributed by atoms with E-state index < -0.39 is 4.92 Å². The van der Waals surface area contributed by atoms with E-state index >= 15 is 0 Å². The van der Waals surface area contributed by atoms with Crippen LogP contribution in [0, 0.1) is 24.0 Å². The average molecular weight is 382 g/mol. The fourth-order valence-corrected chi connectivity index (χ4v) is 3.20. The highest BCUT2D eigenvalue weighted by Crippen LogP contribution is 2.22. The Bertz CT molecular complexity index is 980. The number of rotatable bonds is 6. The molecule has 2 aromatic carbocycles. The number of non-ortho nitro benzene ring substituents is 1. The van der Waals surface area contributed by atoms with Crippen molar-refractivity contribution in [2.45, 2.75) is 20.5 Å². The molecule has 7 heteroatoms. The van der Waals surface area contributed by atoms with E-state index in [1.54, 1.807) is 18.2 Å². The molecule has 0 saturated heterocycles. The van der Waals surface area contributed by atoms with E-state index in [0.29, 0.717) is 10.6 Å². The number of carbonyl (C=O) groups excluding carboxylic acids is 1. The number of hydrogen-bond acceptors (Lipinski definition) is 5. The normalized spacial score (nSPS) is 10.4. The minimum absolute atomic E-state index is 0.0168. The molecular weight excluding hydrogens is 364 g/mol. The number of anilines is 1. The highest BCUT2D eigenvalue weighted by Gasteiger charge is 2.11. The Morgan fingerprint density at radius 1 is 1.11 bits per heavy atom. The molecule has 138 valence electrons. The molecule has 3 aromatic rings. The van der Waals surface area contributed by atoms with Crippen LogP contribution in [0.1, 0.15) is 26.4 Å². The van der Waals surface area contributed by atoms with Crippen molar-refractivity contribution in [1.82, 2.24) is 0 Å². The zero-order valence-electron chi connectivity index (χ0n) is 14.9. The van der Waals surface area contributed by atoms with Gasteiger partial charge < -0.3 is 10.1 Å². The van der Waals surface area contributed by atoms with Crippen LogP contribution in [0.15, 0.2) is 53.9 Å². The van der Waals surface area contributed by atoms with Crippen molar-refractivity contribution in [3.05, 3.63) is 85.6 Å². The third kappa shape index (κ3) is 4.71. The molecule has 0 atom stereocenters. The first-order chi connectivity index (χ1) is 12.9. The highest BCUT2D eigenvalue weighted by atomic mass is 32.1. The molecule has 1 heterocycles. The molecule has 1 aromatic heterocycles. The molecule has 3 rings (SSSR count). The molecule has 1 amide bonds. The van der Waals surface area contributed by atoms with Crippen molar-refractivity contribution < 1.29 is 14.5 Å². The molecule has 0 aliphatic heterocycles. The van der Waals surface area contributed by atoms with E-state index in [0.717, 1.165) is 16.8 Å². The Kier molecular flexibility index (Phi) is 5.52. The van der Waals surface area contributed by atoms with Crippen LogP contribution < -0.4 is 10.1 Å². The zero-order valence-corrected chi connectivity index (χ0v) is 15.7. The van der Waals surface area contributed by atoms with Crippen molar-refractivity contribution >= 4 is 28.6 Å². The maximum Gasteiger partial charge on any atom is 0.269 e. The summed E-state index contributed by atoms with van der Waals surface area (Å²) in [5.74, 6) is 0.373. The number of thiophene rings is 1. The summed E-state index contributed by atoms with van der Waals surface area (Å²) in [4.78, 5) is 23.2. The number of nitro groups is 1. The van der Waals surface area contributed by atoms with Crippen molar-refractivity contribution in [2.24, 2.45) is 0 Å². The summed E-state index contributed by atoms with van der Waals surface area (Å²) in [6.45, 7) is 4.31. The van der Waals surface area contributed by atoms with Gasteiger partial charge in [-0.1, -0.05) is 6.07 Å². The van der Waals surface area contributed by atoms with E-state index in [9.17, 15) is 14.9 Å². The van der Waals surface area contributed by atoms with E-state index in [2.05, 4.69) is 5.32 Å². The van der Waals surface area contributed by atoms with Gasteiger partial charge in [-0.15, -0.1) is 11.3 Å². The van der Waals surface area contributed by atoms with Gasteiger partial charge in [-0.25, -0.2) is 0 Å². The van der Waals surface area contributed by atoms with Crippen LogP contribution in [0.4, 0.5) is 11.4 Å². The lowest BCUT2D eigenvalue weighted by atomic mass is 10.1. The van der Waals surface area contributed by atoms with E-state index in [1.807, 2.05) is 37.4 Å². The lowest BCUT2D eigenvalue weighted by Gasteiger charge is -2.06. The second kappa shape index (κ2) is 8.01. The Balaban J connectivity index is 1.59. The van der Waals surface area contributed by atoms with Gasteiger partial charge in [0.1, 0.15) is 12.4 Å². The van der Waals surface area contributed by atoms with Gasteiger partial charge in [0.2, 0.25) is 0 Å². The smallest absolute Gasteiger partial charge is 0.269 e. The SMILES string of the molecule is Cc1ccc(NC(=O)c2cc(COc3ccc([N+](=O)[O-])cc3)cs2)cc1C. The van der Waals surface area contributed by atoms with Gasteiger partial charge in [-0.3, -0.25) is 14.9 Å². The number of nitrogens with zero attached hydrogens (tertiary/aromatic N) is 1. The van der Waals surface area contributed by atoms with Gasteiger partial charge in [0.05, 0.1) is 9.80 Å². The second-order valence-corrected chi connectivity index (χ2v) is 7.02. The predicted octanol–water partition coefficient (Wildman–Crippen LogP) is 5.10. The molecule has 0 spiro atoms. The summed E-state index contributed by atoms with van der Waals surface area (Å²) >= 11 is 1.34. The molecule has 6 nitrogen and oxygen atoms in total. The molecule has 0 aliphatic carbocycles. The second-order valence-electron chi connectivity index (χ2n) is 6.11. The van der Waals surface area contributed by atoms with Gasteiger partial charge in [0.15, 0.2) is 0 Å². The first-order valence-electron chi connectivity index (χ1n) is 8.25. The fourth-order valence-electron chi connectivity index (χ4n) is 2.41. The molecule has 27 heavy (non-hydrogen) atoms. The summed E-state index contributed by atoms with van der Waals surface area (Å²) in [5, 5.41) is 15.4.